The largest absolute Gasteiger partial charge is 0.496 e. The summed E-state index contributed by atoms with van der Waals surface area (Å²) in [6.07, 6.45) is 0. The van der Waals surface area contributed by atoms with Crippen molar-refractivity contribution in [1.29, 1.82) is 0 Å². The Kier molecular flexibility index (Phi) is 7.47. The third-order valence-electron chi connectivity index (χ3n) is 4.19. The minimum atomic E-state index is -0.101. The lowest BCUT2D eigenvalue weighted by molar-refractivity contribution is 0.0951. The Hall–Kier alpha value is -1.85. The first-order valence-electron chi connectivity index (χ1n) is 8.49. The summed E-state index contributed by atoms with van der Waals surface area (Å²) in [6.45, 7) is 7.90. The van der Waals surface area contributed by atoms with Crippen molar-refractivity contribution < 1.29 is 9.53 Å². The smallest absolute Gasteiger partial charge is 0.251 e. The summed E-state index contributed by atoms with van der Waals surface area (Å²) < 4.78 is 5.95. The van der Waals surface area contributed by atoms with Crippen LogP contribution in [0.25, 0.3) is 0 Å². The maximum atomic E-state index is 12.3. The molecule has 0 unspecified atom stereocenters. The van der Waals surface area contributed by atoms with E-state index in [1.807, 2.05) is 0 Å². The van der Waals surface area contributed by atoms with Crippen molar-refractivity contribution >= 4 is 21.8 Å². The first-order valence-corrected chi connectivity index (χ1v) is 9.28. The zero-order valence-corrected chi connectivity index (χ0v) is 16.6. The molecule has 0 bridgehead atoms. The van der Waals surface area contributed by atoms with Crippen LogP contribution in [0.3, 0.4) is 0 Å². The molecule has 2 aromatic carbocycles. The quantitative estimate of drug-likeness (QED) is 0.715. The molecule has 0 atom stereocenters. The second-order valence-corrected chi connectivity index (χ2v) is 6.66. The minimum Gasteiger partial charge on any atom is -0.496 e. The Morgan fingerprint density at radius 1 is 1.08 bits per heavy atom. The highest BCUT2D eigenvalue weighted by Crippen LogP contribution is 2.25. The number of nitrogens with zero attached hydrogens (tertiary/aromatic N) is 1. The van der Waals surface area contributed by atoms with Gasteiger partial charge in [-0.15, -0.1) is 0 Å². The van der Waals surface area contributed by atoms with Gasteiger partial charge in [-0.3, -0.25) is 9.69 Å². The molecule has 25 heavy (non-hydrogen) atoms. The number of halogens is 1. The average molecular weight is 405 g/mol. The number of hydrogen-bond acceptors (Lipinski definition) is 3. The van der Waals surface area contributed by atoms with Crippen molar-refractivity contribution in [3.63, 3.8) is 0 Å². The van der Waals surface area contributed by atoms with Crippen molar-refractivity contribution in [2.75, 3.05) is 20.2 Å². The number of benzene rings is 2. The molecule has 4 nitrogen and oxygen atoms in total. The van der Waals surface area contributed by atoms with Crippen LogP contribution in [-0.2, 0) is 13.1 Å². The Morgan fingerprint density at radius 3 is 2.28 bits per heavy atom. The molecule has 0 aliphatic carbocycles. The van der Waals surface area contributed by atoms with Crippen LogP contribution in [0.5, 0.6) is 5.75 Å². The number of methoxy groups -OCH3 is 1. The van der Waals surface area contributed by atoms with Crippen molar-refractivity contribution in [2.24, 2.45) is 0 Å². The van der Waals surface area contributed by atoms with Gasteiger partial charge in [-0.25, -0.2) is 0 Å². The lowest BCUT2D eigenvalue weighted by atomic mass is 10.1. The fourth-order valence-corrected chi connectivity index (χ4v) is 3.10. The van der Waals surface area contributed by atoms with Gasteiger partial charge in [-0.2, -0.15) is 0 Å². The third kappa shape index (κ3) is 5.58. The highest BCUT2D eigenvalue weighted by atomic mass is 79.9. The van der Waals surface area contributed by atoms with Gasteiger partial charge in [0.05, 0.1) is 11.6 Å². The lowest BCUT2D eigenvalue weighted by Gasteiger charge is -2.18. The van der Waals surface area contributed by atoms with E-state index in [1.165, 1.54) is 5.56 Å². The zero-order valence-electron chi connectivity index (χ0n) is 15.0. The van der Waals surface area contributed by atoms with E-state index < -0.39 is 0 Å². The summed E-state index contributed by atoms with van der Waals surface area (Å²) in [7, 11) is 1.60. The molecule has 0 aromatic heterocycles. The van der Waals surface area contributed by atoms with Gasteiger partial charge < -0.3 is 10.1 Å². The summed E-state index contributed by atoms with van der Waals surface area (Å²) >= 11 is 3.40. The monoisotopic (exact) mass is 404 g/mol. The van der Waals surface area contributed by atoms with Crippen LogP contribution in [0, 0.1) is 0 Å². The number of amides is 1. The van der Waals surface area contributed by atoms with Crippen molar-refractivity contribution in [3.8, 4) is 5.75 Å². The fourth-order valence-electron chi connectivity index (χ4n) is 2.56. The van der Waals surface area contributed by atoms with E-state index in [0.717, 1.165) is 29.7 Å². The predicted octanol–water partition coefficient (Wildman–Crippen LogP) is 4.23. The predicted molar refractivity (Wildman–Crippen MR) is 105 cm³/mol. The van der Waals surface area contributed by atoms with Gasteiger partial charge in [-0.05, 0) is 58.3 Å². The second kappa shape index (κ2) is 9.59. The summed E-state index contributed by atoms with van der Waals surface area (Å²) in [5.74, 6) is 0.607. The summed E-state index contributed by atoms with van der Waals surface area (Å²) in [5, 5.41) is 2.95. The van der Waals surface area contributed by atoms with E-state index in [0.29, 0.717) is 17.9 Å². The molecule has 0 saturated heterocycles. The highest BCUT2D eigenvalue weighted by Gasteiger charge is 2.09. The van der Waals surface area contributed by atoms with Gasteiger partial charge in [0.15, 0.2) is 0 Å². The molecular weight excluding hydrogens is 380 g/mol. The molecule has 1 amide bonds. The lowest BCUT2D eigenvalue weighted by Crippen LogP contribution is -2.23. The zero-order chi connectivity index (χ0) is 18.2. The normalized spacial score (nSPS) is 10.8. The first kappa shape index (κ1) is 19.5. The van der Waals surface area contributed by atoms with Gasteiger partial charge in [0.1, 0.15) is 5.75 Å². The van der Waals surface area contributed by atoms with Crippen LogP contribution in [-0.4, -0.2) is 31.0 Å². The van der Waals surface area contributed by atoms with E-state index in [1.54, 1.807) is 25.3 Å². The van der Waals surface area contributed by atoms with E-state index in [-0.39, 0.29) is 5.91 Å². The summed E-state index contributed by atoms with van der Waals surface area (Å²) in [5.41, 5.74) is 2.98. The summed E-state index contributed by atoms with van der Waals surface area (Å²) in [4.78, 5) is 14.7. The van der Waals surface area contributed by atoms with Gasteiger partial charge in [0, 0.05) is 18.7 Å². The molecule has 0 radical (unpaired) electrons. The van der Waals surface area contributed by atoms with Crippen molar-refractivity contribution in [3.05, 3.63) is 63.6 Å². The molecule has 0 fully saturated rings. The third-order valence-corrected chi connectivity index (χ3v) is 4.81. The van der Waals surface area contributed by atoms with E-state index >= 15 is 0 Å². The van der Waals surface area contributed by atoms with Gasteiger partial charge in [0.25, 0.3) is 5.91 Å². The maximum absolute atomic E-state index is 12.3. The Bertz CT molecular complexity index is 697. The van der Waals surface area contributed by atoms with E-state index in [9.17, 15) is 4.79 Å². The Morgan fingerprint density at radius 2 is 1.72 bits per heavy atom. The molecule has 0 spiro atoms. The van der Waals surface area contributed by atoms with Gasteiger partial charge in [-0.1, -0.05) is 38.1 Å². The first-order chi connectivity index (χ1) is 12.1. The topological polar surface area (TPSA) is 41.6 Å². The molecule has 2 rings (SSSR count). The second-order valence-electron chi connectivity index (χ2n) is 5.81. The molecule has 0 aliphatic rings. The number of hydrogen-bond donors (Lipinski definition) is 1. The molecule has 1 N–H and O–H groups in total. The average Bonchev–Trinajstić information content (AvgIpc) is 2.65. The van der Waals surface area contributed by atoms with Crippen LogP contribution in [0.1, 0.15) is 35.3 Å². The fraction of sp³-hybridized carbons (Fsp3) is 0.350. The van der Waals surface area contributed by atoms with Crippen LogP contribution in [0.4, 0.5) is 0 Å². The molecule has 0 aliphatic heterocycles. The number of nitrogens with one attached hydrogen (secondary N) is 1. The van der Waals surface area contributed by atoms with Crippen LogP contribution in [0.15, 0.2) is 46.9 Å². The van der Waals surface area contributed by atoms with Crippen LogP contribution >= 0.6 is 15.9 Å². The number of ether oxygens (including phenoxy) is 1. The van der Waals surface area contributed by atoms with E-state index in [2.05, 4.69) is 64.3 Å². The van der Waals surface area contributed by atoms with Crippen molar-refractivity contribution in [1.82, 2.24) is 10.2 Å². The van der Waals surface area contributed by atoms with Crippen molar-refractivity contribution in [2.45, 2.75) is 26.9 Å². The number of carbonyl (C=O) groups excluding carboxylic acids is 1. The van der Waals surface area contributed by atoms with Crippen LogP contribution in [0.2, 0.25) is 0 Å². The molecule has 0 heterocycles. The molecule has 134 valence electrons. The van der Waals surface area contributed by atoms with Gasteiger partial charge in [0.2, 0.25) is 0 Å². The summed E-state index contributed by atoms with van der Waals surface area (Å²) in [6, 6.07) is 13.7. The molecule has 2 aromatic rings. The maximum Gasteiger partial charge on any atom is 0.251 e. The van der Waals surface area contributed by atoms with Crippen LogP contribution < -0.4 is 10.1 Å². The Balaban J connectivity index is 1.92. The molecule has 0 saturated carbocycles. The number of carbonyl (C=O) groups is 1. The molecular formula is C20H25BrN2O2. The Labute approximate surface area is 158 Å². The minimum absolute atomic E-state index is 0.101. The SMILES string of the molecule is CCN(CC)Cc1ccc(CNC(=O)c2ccc(OC)c(Br)c2)cc1. The van der Waals surface area contributed by atoms with Gasteiger partial charge >= 0.3 is 0 Å². The van der Waals surface area contributed by atoms with E-state index in [4.69, 9.17) is 4.74 Å². The number of rotatable bonds is 8. The molecule has 5 heteroatoms. The highest BCUT2D eigenvalue weighted by molar-refractivity contribution is 9.10. The standard InChI is InChI=1S/C20H25BrN2O2/c1-4-23(5-2)14-16-8-6-15(7-9-16)13-22-20(24)17-10-11-19(25-3)18(21)12-17/h6-12H,4-5,13-14H2,1-3H3,(H,22,24).